The lowest BCUT2D eigenvalue weighted by molar-refractivity contribution is -0.122. The van der Waals surface area contributed by atoms with Crippen molar-refractivity contribution in [3.05, 3.63) is 18.5 Å². The average molecular weight is 373 g/mol. The Morgan fingerprint density at radius 2 is 1.74 bits per heavy atom. The molecule has 2 aromatic rings. The number of hydrogen-bond donors (Lipinski definition) is 1. The molecule has 1 N–H and O–H groups in total. The lowest BCUT2D eigenvalue weighted by Gasteiger charge is -2.28. The van der Waals surface area contributed by atoms with Crippen molar-refractivity contribution in [1.29, 1.82) is 0 Å². The molecule has 0 atom stereocenters. The highest BCUT2D eigenvalue weighted by Gasteiger charge is 2.21. The molecule has 11 heteroatoms. The van der Waals surface area contributed by atoms with Gasteiger partial charge in [-0.25, -0.2) is 9.67 Å². The monoisotopic (exact) mass is 373 g/mol. The second kappa shape index (κ2) is 8.25. The van der Waals surface area contributed by atoms with Gasteiger partial charge in [0.05, 0.1) is 19.8 Å². The van der Waals surface area contributed by atoms with Crippen molar-refractivity contribution in [1.82, 2.24) is 35.0 Å². The van der Waals surface area contributed by atoms with Crippen LogP contribution in [0.2, 0.25) is 0 Å². The summed E-state index contributed by atoms with van der Waals surface area (Å²) in [5, 5.41) is 6.77. The second-order valence-corrected chi connectivity index (χ2v) is 6.52. The summed E-state index contributed by atoms with van der Waals surface area (Å²) >= 11 is 0. The molecule has 2 fully saturated rings. The van der Waals surface area contributed by atoms with Crippen molar-refractivity contribution in [2.24, 2.45) is 0 Å². The summed E-state index contributed by atoms with van der Waals surface area (Å²) in [6.45, 7) is 5.08. The molecule has 2 saturated heterocycles. The summed E-state index contributed by atoms with van der Waals surface area (Å²) in [6, 6.07) is 0. The number of ether oxygens (including phenoxy) is 1. The molecule has 2 aliphatic rings. The lowest BCUT2D eigenvalue weighted by atomic mass is 10.4. The maximum absolute atomic E-state index is 12.1. The van der Waals surface area contributed by atoms with Crippen LogP contribution >= 0.6 is 0 Å². The quantitative estimate of drug-likeness (QED) is 0.696. The highest BCUT2D eigenvalue weighted by Crippen LogP contribution is 2.19. The maximum atomic E-state index is 12.1. The SMILES string of the molecule is O=C(Cn1cncn1)NCc1nc(N2CCCC2)nc(N2CCOCC2)n1. The number of rotatable bonds is 6. The molecule has 4 heterocycles. The number of nitrogens with zero attached hydrogens (tertiary/aromatic N) is 8. The van der Waals surface area contributed by atoms with Gasteiger partial charge >= 0.3 is 0 Å². The van der Waals surface area contributed by atoms with Crippen molar-refractivity contribution >= 4 is 17.8 Å². The fraction of sp³-hybridized carbons (Fsp3) is 0.625. The van der Waals surface area contributed by atoms with Crippen molar-refractivity contribution in [3.8, 4) is 0 Å². The summed E-state index contributed by atoms with van der Waals surface area (Å²) in [5.41, 5.74) is 0. The molecule has 2 aliphatic heterocycles. The van der Waals surface area contributed by atoms with Gasteiger partial charge in [-0.05, 0) is 12.8 Å². The largest absolute Gasteiger partial charge is 0.378 e. The zero-order valence-electron chi connectivity index (χ0n) is 15.1. The van der Waals surface area contributed by atoms with Crippen LogP contribution in [-0.2, 0) is 22.6 Å². The third-order valence-corrected chi connectivity index (χ3v) is 4.56. The van der Waals surface area contributed by atoms with Crippen LogP contribution in [0.4, 0.5) is 11.9 Å². The molecule has 0 aliphatic carbocycles. The van der Waals surface area contributed by atoms with Crippen molar-refractivity contribution in [2.75, 3.05) is 49.2 Å². The van der Waals surface area contributed by atoms with E-state index < -0.39 is 0 Å². The summed E-state index contributed by atoms with van der Waals surface area (Å²) in [7, 11) is 0. The van der Waals surface area contributed by atoms with E-state index in [1.54, 1.807) is 0 Å². The second-order valence-electron chi connectivity index (χ2n) is 6.52. The molecule has 0 bridgehead atoms. The standard InChI is InChI=1S/C16H23N9O2/c26-14(10-25-12-17-11-19-25)18-9-13-20-15(23-3-1-2-4-23)22-16(21-13)24-5-7-27-8-6-24/h11-12H,1-10H2,(H,18,26). The number of hydrogen-bond acceptors (Lipinski definition) is 9. The zero-order chi connectivity index (χ0) is 18.5. The number of aromatic nitrogens is 6. The van der Waals surface area contributed by atoms with Gasteiger partial charge in [0.15, 0.2) is 5.82 Å². The summed E-state index contributed by atoms with van der Waals surface area (Å²) in [5.74, 6) is 1.72. The minimum atomic E-state index is -0.170. The van der Waals surface area contributed by atoms with E-state index >= 15 is 0 Å². The molecule has 4 rings (SSSR count). The van der Waals surface area contributed by atoms with Gasteiger partial charge in [-0.1, -0.05) is 0 Å². The van der Waals surface area contributed by atoms with Gasteiger partial charge in [-0.15, -0.1) is 0 Å². The third kappa shape index (κ3) is 4.48. The van der Waals surface area contributed by atoms with Crippen LogP contribution in [0.1, 0.15) is 18.7 Å². The molecule has 0 saturated carbocycles. The molecular formula is C16H23N9O2. The Labute approximate surface area is 156 Å². The lowest BCUT2D eigenvalue weighted by Crippen LogP contribution is -2.38. The van der Waals surface area contributed by atoms with Crippen molar-refractivity contribution < 1.29 is 9.53 Å². The van der Waals surface area contributed by atoms with E-state index in [4.69, 9.17) is 4.74 Å². The van der Waals surface area contributed by atoms with E-state index in [1.807, 2.05) is 0 Å². The van der Waals surface area contributed by atoms with Gasteiger partial charge in [0, 0.05) is 26.2 Å². The van der Waals surface area contributed by atoms with Gasteiger partial charge in [-0.3, -0.25) is 4.79 Å². The van der Waals surface area contributed by atoms with E-state index in [2.05, 4.69) is 40.2 Å². The van der Waals surface area contributed by atoms with E-state index in [9.17, 15) is 4.79 Å². The first-order valence-electron chi connectivity index (χ1n) is 9.19. The number of morpholine rings is 1. The summed E-state index contributed by atoms with van der Waals surface area (Å²) in [4.78, 5) is 34.0. The predicted molar refractivity (Wildman–Crippen MR) is 96.2 cm³/mol. The van der Waals surface area contributed by atoms with Crippen LogP contribution in [0, 0.1) is 0 Å². The first kappa shape index (κ1) is 17.6. The minimum absolute atomic E-state index is 0.111. The Morgan fingerprint density at radius 3 is 2.41 bits per heavy atom. The smallest absolute Gasteiger partial charge is 0.242 e. The molecule has 2 aromatic heterocycles. The van der Waals surface area contributed by atoms with Gasteiger partial charge < -0.3 is 19.9 Å². The van der Waals surface area contributed by atoms with Crippen molar-refractivity contribution in [2.45, 2.75) is 25.9 Å². The maximum Gasteiger partial charge on any atom is 0.242 e. The number of nitrogens with one attached hydrogen (secondary N) is 1. The molecule has 0 radical (unpaired) electrons. The summed E-state index contributed by atoms with van der Waals surface area (Å²) < 4.78 is 6.89. The van der Waals surface area contributed by atoms with Crippen LogP contribution < -0.4 is 15.1 Å². The molecule has 0 spiro atoms. The number of carbonyl (C=O) groups is 1. The highest BCUT2D eigenvalue weighted by atomic mass is 16.5. The highest BCUT2D eigenvalue weighted by molar-refractivity contribution is 5.75. The van der Waals surface area contributed by atoms with E-state index in [-0.39, 0.29) is 19.0 Å². The first-order chi connectivity index (χ1) is 13.3. The molecular weight excluding hydrogens is 350 g/mol. The molecule has 144 valence electrons. The molecule has 1 amide bonds. The first-order valence-corrected chi connectivity index (χ1v) is 9.19. The predicted octanol–water partition coefficient (Wildman–Crippen LogP) is -0.784. The molecule has 27 heavy (non-hydrogen) atoms. The normalized spacial score (nSPS) is 17.3. The Balaban J connectivity index is 1.47. The Hall–Kier alpha value is -2.82. The number of amides is 1. The van der Waals surface area contributed by atoms with Gasteiger partial charge in [-0.2, -0.15) is 20.1 Å². The Morgan fingerprint density at radius 1 is 1.04 bits per heavy atom. The fourth-order valence-corrected chi connectivity index (χ4v) is 3.13. The van der Waals surface area contributed by atoms with Crippen LogP contribution in [0.5, 0.6) is 0 Å². The van der Waals surface area contributed by atoms with E-state index in [0.717, 1.165) is 39.0 Å². The van der Waals surface area contributed by atoms with Gasteiger partial charge in [0.1, 0.15) is 19.2 Å². The Bertz CT molecular complexity index is 755. The van der Waals surface area contributed by atoms with Crippen LogP contribution in [0.15, 0.2) is 12.7 Å². The van der Waals surface area contributed by atoms with Gasteiger partial charge in [0.25, 0.3) is 0 Å². The van der Waals surface area contributed by atoms with Crippen molar-refractivity contribution in [3.63, 3.8) is 0 Å². The van der Waals surface area contributed by atoms with Crippen LogP contribution in [-0.4, -0.2) is 75.0 Å². The topological polar surface area (TPSA) is 114 Å². The molecule has 0 unspecified atom stereocenters. The minimum Gasteiger partial charge on any atom is -0.378 e. The summed E-state index contributed by atoms with van der Waals surface area (Å²) in [6.07, 6.45) is 5.19. The molecule has 11 nitrogen and oxygen atoms in total. The van der Waals surface area contributed by atoms with E-state index in [1.165, 1.54) is 17.3 Å². The molecule has 0 aromatic carbocycles. The number of carbonyl (C=O) groups excluding carboxylic acids is 1. The average Bonchev–Trinajstić information content (AvgIpc) is 3.41. The zero-order valence-corrected chi connectivity index (χ0v) is 15.1. The van der Waals surface area contributed by atoms with E-state index in [0.29, 0.717) is 30.9 Å². The van der Waals surface area contributed by atoms with Gasteiger partial charge in [0.2, 0.25) is 17.8 Å². The van der Waals surface area contributed by atoms with Crippen LogP contribution in [0.3, 0.4) is 0 Å². The number of anilines is 2. The third-order valence-electron chi connectivity index (χ3n) is 4.56. The Kier molecular flexibility index (Phi) is 5.37. The fourth-order valence-electron chi connectivity index (χ4n) is 3.13. The van der Waals surface area contributed by atoms with Crippen LogP contribution in [0.25, 0.3) is 0 Å².